The third-order valence-electron chi connectivity index (χ3n) is 5.00. The summed E-state index contributed by atoms with van der Waals surface area (Å²) in [6.07, 6.45) is 0. The topological polar surface area (TPSA) is 58.5 Å². The monoisotopic (exact) mass is 341 g/mol. The third kappa shape index (κ3) is 2.21. The first-order valence-electron chi connectivity index (χ1n) is 8.50. The quantitative estimate of drug-likeness (QED) is 0.395. The van der Waals surface area contributed by atoms with Crippen molar-refractivity contribution in [2.24, 2.45) is 4.99 Å². The SMILES string of the molecule is O=[N+]([O-])c1ccc([C@@H]2[C@H]3C(c4ccccc4)=Nc4ccccc4N32)cc1. The largest absolute Gasteiger partial charge is 0.349 e. The van der Waals surface area contributed by atoms with Gasteiger partial charge in [0.05, 0.1) is 34.1 Å². The molecule has 0 aliphatic carbocycles. The molecular weight excluding hydrogens is 326 g/mol. The van der Waals surface area contributed by atoms with Crippen LogP contribution in [0.5, 0.6) is 0 Å². The van der Waals surface area contributed by atoms with Crippen molar-refractivity contribution in [3.8, 4) is 0 Å². The maximum Gasteiger partial charge on any atom is 0.269 e. The Bertz CT molecular complexity index is 1030. The van der Waals surface area contributed by atoms with E-state index in [4.69, 9.17) is 4.99 Å². The van der Waals surface area contributed by atoms with Crippen molar-refractivity contribution in [2.75, 3.05) is 4.90 Å². The number of nitro groups is 1. The van der Waals surface area contributed by atoms with Crippen LogP contribution in [0, 0.1) is 10.1 Å². The highest BCUT2D eigenvalue weighted by molar-refractivity contribution is 6.14. The molecule has 0 saturated carbocycles. The molecule has 0 spiro atoms. The van der Waals surface area contributed by atoms with Crippen molar-refractivity contribution in [3.63, 3.8) is 0 Å². The number of hydrogen-bond acceptors (Lipinski definition) is 4. The van der Waals surface area contributed by atoms with Crippen molar-refractivity contribution >= 4 is 22.8 Å². The summed E-state index contributed by atoms with van der Waals surface area (Å²) in [4.78, 5) is 17.8. The van der Waals surface area contributed by atoms with Gasteiger partial charge in [0.1, 0.15) is 0 Å². The average Bonchev–Trinajstić information content (AvgIpc) is 3.44. The lowest BCUT2D eigenvalue weighted by atomic mass is 10.0. The molecule has 3 aromatic carbocycles. The Morgan fingerprint density at radius 1 is 0.846 bits per heavy atom. The zero-order valence-electron chi connectivity index (χ0n) is 13.8. The second-order valence-corrected chi connectivity index (χ2v) is 6.50. The Morgan fingerprint density at radius 3 is 2.27 bits per heavy atom. The smallest absolute Gasteiger partial charge is 0.269 e. The molecule has 0 aromatic heterocycles. The summed E-state index contributed by atoms with van der Waals surface area (Å²) in [5.74, 6) is 0. The Balaban J connectivity index is 1.59. The Labute approximate surface area is 150 Å². The number of nitro benzene ring substituents is 1. The van der Waals surface area contributed by atoms with Crippen LogP contribution in [0.1, 0.15) is 17.2 Å². The zero-order valence-corrected chi connectivity index (χ0v) is 13.8. The molecule has 26 heavy (non-hydrogen) atoms. The molecule has 2 aliphatic rings. The number of aliphatic imine (C=N–C) groups is 1. The maximum absolute atomic E-state index is 10.9. The van der Waals surface area contributed by atoms with Gasteiger partial charge < -0.3 is 4.90 Å². The highest BCUT2D eigenvalue weighted by Gasteiger charge is 2.54. The average molecular weight is 341 g/mol. The fourth-order valence-corrected chi connectivity index (χ4v) is 3.77. The van der Waals surface area contributed by atoms with Crippen molar-refractivity contribution in [1.82, 2.24) is 0 Å². The normalized spacial score (nSPS) is 20.0. The summed E-state index contributed by atoms with van der Waals surface area (Å²) >= 11 is 0. The van der Waals surface area contributed by atoms with E-state index < -0.39 is 0 Å². The minimum Gasteiger partial charge on any atom is -0.349 e. The Hall–Kier alpha value is -3.47. The number of para-hydroxylation sites is 2. The summed E-state index contributed by atoms with van der Waals surface area (Å²) in [7, 11) is 0. The Kier molecular flexibility index (Phi) is 3.15. The highest BCUT2D eigenvalue weighted by Crippen LogP contribution is 2.54. The summed E-state index contributed by atoms with van der Waals surface area (Å²) in [5.41, 5.74) is 5.42. The number of hydrogen-bond donors (Lipinski definition) is 0. The van der Waals surface area contributed by atoms with E-state index in [1.807, 2.05) is 48.5 Å². The molecule has 0 amide bonds. The van der Waals surface area contributed by atoms with E-state index in [9.17, 15) is 10.1 Å². The maximum atomic E-state index is 10.9. The molecular formula is C21H15N3O2. The molecule has 2 atom stereocenters. The number of benzene rings is 3. The van der Waals surface area contributed by atoms with E-state index in [1.54, 1.807) is 12.1 Å². The van der Waals surface area contributed by atoms with Crippen LogP contribution >= 0.6 is 0 Å². The van der Waals surface area contributed by atoms with Crippen molar-refractivity contribution < 1.29 is 4.92 Å². The minimum absolute atomic E-state index is 0.115. The fourth-order valence-electron chi connectivity index (χ4n) is 3.77. The predicted molar refractivity (Wildman–Crippen MR) is 101 cm³/mol. The molecule has 2 heterocycles. The van der Waals surface area contributed by atoms with E-state index in [-0.39, 0.29) is 22.7 Å². The van der Waals surface area contributed by atoms with E-state index in [0.717, 1.165) is 28.2 Å². The van der Waals surface area contributed by atoms with Gasteiger partial charge in [-0.25, -0.2) is 4.99 Å². The van der Waals surface area contributed by atoms with Crippen molar-refractivity contribution in [2.45, 2.75) is 12.1 Å². The highest BCUT2D eigenvalue weighted by atomic mass is 16.6. The van der Waals surface area contributed by atoms with Crippen LogP contribution < -0.4 is 4.90 Å². The summed E-state index contributed by atoms with van der Waals surface area (Å²) in [6.45, 7) is 0. The van der Waals surface area contributed by atoms with E-state index in [2.05, 4.69) is 23.1 Å². The molecule has 0 N–H and O–H groups in total. The van der Waals surface area contributed by atoms with Crippen LogP contribution in [0.2, 0.25) is 0 Å². The van der Waals surface area contributed by atoms with Crippen LogP contribution in [0.25, 0.3) is 0 Å². The predicted octanol–water partition coefficient (Wildman–Crippen LogP) is 4.66. The zero-order chi connectivity index (χ0) is 17.7. The van der Waals surface area contributed by atoms with Gasteiger partial charge >= 0.3 is 0 Å². The van der Waals surface area contributed by atoms with Gasteiger partial charge in [0, 0.05) is 12.1 Å². The van der Waals surface area contributed by atoms with Gasteiger partial charge in [0.25, 0.3) is 5.69 Å². The van der Waals surface area contributed by atoms with E-state index in [1.165, 1.54) is 0 Å². The molecule has 2 aliphatic heterocycles. The molecule has 0 radical (unpaired) electrons. The number of anilines is 1. The molecule has 5 rings (SSSR count). The standard InChI is InChI=1S/C21H15N3O2/c25-24(26)16-12-10-15(11-13-16)20-21-19(14-6-2-1-3-7-14)22-17-8-4-5-9-18(17)23(20)21/h1-13,20-21H/t20-,21-,23?/m1/s1. The van der Waals surface area contributed by atoms with Crippen LogP contribution in [0.15, 0.2) is 83.9 Å². The molecule has 0 unspecified atom stereocenters. The first-order chi connectivity index (χ1) is 12.7. The van der Waals surface area contributed by atoms with Gasteiger partial charge in [-0.1, -0.05) is 54.6 Å². The minimum atomic E-state index is -0.365. The first kappa shape index (κ1) is 14.8. The lowest BCUT2D eigenvalue weighted by molar-refractivity contribution is -0.384. The third-order valence-corrected chi connectivity index (χ3v) is 5.00. The lowest BCUT2D eigenvalue weighted by Crippen LogP contribution is -2.17. The summed E-state index contributed by atoms with van der Waals surface area (Å²) in [5, 5.41) is 10.9. The molecule has 0 bridgehead atoms. The molecule has 3 aromatic rings. The van der Waals surface area contributed by atoms with Crippen LogP contribution in [-0.2, 0) is 0 Å². The lowest BCUT2D eigenvalue weighted by Gasteiger charge is -2.16. The van der Waals surface area contributed by atoms with E-state index in [0.29, 0.717) is 0 Å². The van der Waals surface area contributed by atoms with Crippen LogP contribution in [-0.4, -0.2) is 16.7 Å². The first-order valence-corrected chi connectivity index (χ1v) is 8.50. The fraction of sp³-hybridized carbons (Fsp3) is 0.0952. The molecule has 126 valence electrons. The number of rotatable bonds is 3. The summed E-state index contributed by atoms with van der Waals surface area (Å²) < 4.78 is 0. The van der Waals surface area contributed by atoms with Gasteiger partial charge in [0.15, 0.2) is 0 Å². The number of nitrogens with zero attached hydrogens (tertiary/aromatic N) is 3. The molecule has 1 saturated heterocycles. The molecule has 1 fully saturated rings. The van der Waals surface area contributed by atoms with Gasteiger partial charge in [-0.15, -0.1) is 0 Å². The Morgan fingerprint density at radius 2 is 1.54 bits per heavy atom. The van der Waals surface area contributed by atoms with Crippen LogP contribution in [0.3, 0.4) is 0 Å². The van der Waals surface area contributed by atoms with Crippen molar-refractivity contribution in [1.29, 1.82) is 0 Å². The second-order valence-electron chi connectivity index (χ2n) is 6.50. The molecule has 5 nitrogen and oxygen atoms in total. The van der Waals surface area contributed by atoms with Gasteiger partial charge in [-0.2, -0.15) is 0 Å². The van der Waals surface area contributed by atoms with Gasteiger partial charge in [-0.05, 0) is 23.3 Å². The molecule has 5 heteroatoms. The van der Waals surface area contributed by atoms with E-state index >= 15 is 0 Å². The second kappa shape index (κ2) is 5.52. The van der Waals surface area contributed by atoms with Gasteiger partial charge in [0.2, 0.25) is 0 Å². The summed E-state index contributed by atoms with van der Waals surface area (Å²) in [6, 6.07) is 25.5. The number of non-ortho nitro benzene ring substituents is 1. The van der Waals surface area contributed by atoms with Crippen LogP contribution in [0.4, 0.5) is 17.1 Å². The van der Waals surface area contributed by atoms with Crippen molar-refractivity contribution in [3.05, 3.63) is 100 Å². The van der Waals surface area contributed by atoms with Gasteiger partial charge in [-0.3, -0.25) is 10.1 Å². The number of fused-ring (bicyclic) bond motifs is 3.